The third-order valence-electron chi connectivity index (χ3n) is 5.33. The first-order chi connectivity index (χ1) is 17.7. The minimum atomic E-state index is -4.30. The molecular weight excluding hydrogens is 498 g/mol. The maximum absolute atomic E-state index is 13.9. The van der Waals surface area contributed by atoms with Crippen LogP contribution in [0.15, 0.2) is 70.7 Å². The van der Waals surface area contributed by atoms with Crippen molar-refractivity contribution in [3.63, 3.8) is 0 Å². The number of carbonyl (C=O) groups is 1. The number of rotatable bonds is 11. The van der Waals surface area contributed by atoms with E-state index in [1.54, 1.807) is 12.1 Å². The summed E-state index contributed by atoms with van der Waals surface area (Å²) < 4.78 is 49.8. The second-order valence-corrected chi connectivity index (χ2v) is 9.64. The van der Waals surface area contributed by atoms with Crippen LogP contribution in [0.5, 0.6) is 23.0 Å². The SMILES string of the molecule is COc1ccc(OC)c(N(CC(=O)N/N=C\c2cccc(C)c2)S(=O)(=O)c2ccc(OC)c(OC)c2)c1. The molecule has 0 aliphatic heterocycles. The Kier molecular flexibility index (Phi) is 8.96. The molecule has 0 heterocycles. The van der Waals surface area contributed by atoms with E-state index in [-0.39, 0.29) is 22.1 Å². The normalized spacial score (nSPS) is 11.2. The lowest BCUT2D eigenvalue weighted by molar-refractivity contribution is -0.119. The Balaban J connectivity index is 2.01. The molecule has 3 rings (SSSR count). The summed E-state index contributed by atoms with van der Waals surface area (Å²) in [6, 6.07) is 16.3. The smallest absolute Gasteiger partial charge is 0.265 e. The minimum absolute atomic E-state index is 0.106. The first kappa shape index (κ1) is 27.3. The Labute approximate surface area is 216 Å². The Morgan fingerprint density at radius 3 is 2.24 bits per heavy atom. The largest absolute Gasteiger partial charge is 0.497 e. The number of methoxy groups -OCH3 is 4. The molecule has 0 aromatic heterocycles. The van der Waals surface area contributed by atoms with E-state index < -0.39 is 22.5 Å². The first-order valence-electron chi connectivity index (χ1n) is 11.1. The van der Waals surface area contributed by atoms with Gasteiger partial charge in [0.05, 0.1) is 45.2 Å². The number of hydrogen-bond donors (Lipinski definition) is 1. The summed E-state index contributed by atoms with van der Waals surface area (Å²) >= 11 is 0. The molecule has 0 radical (unpaired) electrons. The van der Waals surface area contributed by atoms with E-state index in [4.69, 9.17) is 18.9 Å². The number of benzene rings is 3. The number of nitrogens with zero attached hydrogens (tertiary/aromatic N) is 2. The number of amides is 1. The zero-order chi connectivity index (χ0) is 27.0. The van der Waals surface area contributed by atoms with Crippen molar-refractivity contribution in [2.24, 2.45) is 5.10 Å². The van der Waals surface area contributed by atoms with Crippen LogP contribution in [-0.2, 0) is 14.8 Å². The molecule has 0 aliphatic carbocycles. The number of carbonyl (C=O) groups excluding carboxylic acids is 1. The predicted octanol–water partition coefficient (Wildman–Crippen LogP) is 3.38. The lowest BCUT2D eigenvalue weighted by Crippen LogP contribution is -2.39. The van der Waals surface area contributed by atoms with Crippen molar-refractivity contribution in [3.05, 3.63) is 71.8 Å². The summed E-state index contributed by atoms with van der Waals surface area (Å²) in [5, 5.41) is 3.97. The highest BCUT2D eigenvalue weighted by Crippen LogP contribution is 2.37. The minimum Gasteiger partial charge on any atom is -0.497 e. The van der Waals surface area contributed by atoms with Gasteiger partial charge in [-0.15, -0.1) is 0 Å². The van der Waals surface area contributed by atoms with Gasteiger partial charge < -0.3 is 18.9 Å². The topological polar surface area (TPSA) is 116 Å². The molecule has 3 aromatic carbocycles. The molecule has 3 aromatic rings. The predicted molar refractivity (Wildman–Crippen MR) is 141 cm³/mol. The molecule has 0 atom stereocenters. The lowest BCUT2D eigenvalue weighted by atomic mass is 10.2. The average molecular weight is 528 g/mol. The van der Waals surface area contributed by atoms with E-state index in [9.17, 15) is 13.2 Å². The van der Waals surface area contributed by atoms with Crippen molar-refractivity contribution in [2.45, 2.75) is 11.8 Å². The van der Waals surface area contributed by atoms with E-state index in [1.165, 1.54) is 58.9 Å². The molecule has 1 N–H and O–H groups in total. The van der Waals surface area contributed by atoms with Crippen LogP contribution in [0.4, 0.5) is 5.69 Å². The van der Waals surface area contributed by atoms with Gasteiger partial charge in [0.1, 0.15) is 18.0 Å². The van der Waals surface area contributed by atoms with Crippen LogP contribution >= 0.6 is 0 Å². The standard InChI is InChI=1S/C26H29N3O7S/c1-18-7-6-8-19(13-18)16-27-28-26(30)17-29(22-14-20(33-2)9-11-23(22)34-3)37(31,32)21-10-12-24(35-4)25(15-21)36-5/h6-16H,17H2,1-5H3,(H,28,30)/b27-16-. The molecule has 0 bridgehead atoms. The summed E-state index contributed by atoms with van der Waals surface area (Å²) in [5.74, 6) is 0.503. The molecule has 196 valence electrons. The number of anilines is 1. The van der Waals surface area contributed by atoms with Crippen LogP contribution in [0.25, 0.3) is 0 Å². The monoisotopic (exact) mass is 527 g/mol. The highest BCUT2D eigenvalue weighted by atomic mass is 32.2. The van der Waals surface area contributed by atoms with Gasteiger partial charge in [0, 0.05) is 12.1 Å². The van der Waals surface area contributed by atoms with Crippen molar-refractivity contribution in [1.82, 2.24) is 5.43 Å². The van der Waals surface area contributed by atoms with Gasteiger partial charge in [-0.3, -0.25) is 9.10 Å². The number of aryl methyl sites for hydroxylation is 1. The summed E-state index contributed by atoms with van der Waals surface area (Å²) in [5.41, 5.74) is 4.31. The Morgan fingerprint density at radius 1 is 0.892 bits per heavy atom. The molecule has 37 heavy (non-hydrogen) atoms. The molecule has 0 unspecified atom stereocenters. The number of ether oxygens (including phenoxy) is 4. The van der Waals surface area contributed by atoms with E-state index in [1.807, 2.05) is 31.2 Å². The number of nitrogens with one attached hydrogen (secondary N) is 1. The lowest BCUT2D eigenvalue weighted by Gasteiger charge is -2.26. The number of hydrogen-bond acceptors (Lipinski definition) is 8. The molecule has 0 aliphatic rings. The van der Waals surface area contributed by atoms with Crippen molar-refractivity contribution in [1.29, 1.82) is 0 Å². The Morgan fingerprint density at radius 2 is 1.59 bits per heavy atom. The van der Waals surface area contributed by atoms with Gasteiger partial charge in [0.15, 0.2) is 11.5 Å². The molecule has 0 saturated carbocycles. The van der Waals surface area contributed by atoms with Gasteiger partial charge >= 0.3 is 0 Å². The van der Waals surface area contributed by atoms with Crippen LogP contribution in [0.3, 0.4) is 0 Å². The van der Waals surface area contributed by atoms with Crippen LogP contribution in [-0.4, -0.2) is 55.5 Å². The fourth-order valence-electron chi connectivity index (χ4n) is 3.49. The summed E-state index contributed by atoms with van der Waals surface area (Å²) in [7, 11) is 1.40. The quantitative estimate of drug-likeness (QED) is 0.300. The molecule has 0 saturated heterocycles. The van der Waals surface area contributed by atoms with Gasteiger partial charge in [0.2, 0.25) is 0 Å². The molecule has 0 fully saturated rings. The highest BCUT2D eigenvalue weighted by Gasteiger charge is 2.31. The molecule has 0 spiro atoms. The molecule has 11 heteroatoms. The third kappa shape index (κ3) is 6.50. The average Bonchev–Trinajstić information content (AvgIpc) is 2.90. The van der Waals surface area contributed by atoms with Crippen LogP contribution in [0.2, 0.25) is 0 Å². The zero-order valence-electron chi connectivity index (χ0n) is 21.2. The van der Waals surface area contributed by atoms with Gasteiger partial charge in [-0.1, -0.05) is 29.8 Å². The van der Waals surface area contributed by atoms with Crippen LogP contribution < -0.4 is 28.7 Å². The van der Waals surface area contributed by atoms with Crippen molar-refractivity contribution in [2.75, 3.05) is 39.3 Å². The summed E-state index contributed by atoms with van der Waals surface area (Å²) in [6.45, 7) is 1.35. The second-order valence-electron chi connectivity index (χ2n) is 7.77. The second kappa shape index (κ2) is 12.1. The van der Waals surface area contributed by atoms with Gasteiger partial charge in [0.25, 0.3) is 15.9 Å². The van der Waals surface area contributed by atoms with Gasteiger partial charge in [-0.05, 0) is 36.8 Å². The summed E-state index contributed by atoms with van der Waals surface area (Å²) in [6.07, 6.45) is 1.48. The maximum atomic E-state index is 13.9. The fraction of sp³-hybridized carbons (Fsp3) is 0.231. The Bertz CT molecular complexity index is 1390. The van der Waals surface area contributed by atoms with Crippen molar-refractivity contribution in [3.8, 4) is 23.0 Å². The number of sulfonamides is 1. The zero-order valence-corrected chi connectivity index (χ0v) is 22.0. The van der Waals surface area contributed by atoms with Gasteiger partial charge in [-0.25, -0.2) is 13.8 Å². The molecule has 1 amide bonds. The maximum Gasteiger partial charge on any atom is 0.265 e. The van der Waals surface area contributed by atoms with Crippen molar-refractivity contribution < 1.29 is 32.2 Å². The summed E-state index contributed by atoms with van der Waals surface area (Å²) in [4.78, 5) is 12.8. The van der Waals surface area contributed by atoms with E-state index >= 15 is 0 Å². The Hall–Kier alpha value is -4.25. The van der Waals surface area contributed by atoms with Crippen LogP contribution in [0.1, 0.15) is 11.1 Å². The van der Waals surface area contributed by atoms with E-state index in [0.29, 0.717) is 11.5 Å². The molecule has 10 nitrogen and oxygen atoms in total. The van der Waals surface area contributed by atoms with E-state index in [0.717, 1.165) is 15.4 Å². The van der Waals surface area contributed by atoms with Crippen molar-refractivity contribution >= 4 is 27.8 Å². The third-order valence-corrected chi connectivity index (χ3v) is 7.09. The van der Waals surface area contributed by atoms with E-state index in [2.05, 4.69) is 10.5 Å². The first-order valence-corrected chi connectivity index (χ1v) is 12.5. The van der Waals surface area contributed by atoms with Gasteiger partial charge in [-0.2, -0.15) is 5.10 Å². The van der Waals surface area contributed by atoms with Crippen LogP contribution in [0, 0.1) is 6.92 Å². The molecular formula is C26H29N3O7S. The number of hydrazone groups is 1. The highest BCUT2D eigenvalue weighted by molar-refractivity contribution is 7.92. The fourth-order valence-corrected chi connectivity index (χ4v) is 4.93.